The third-order valence-electron chi connectivity index (χ3n) is 6.17. The largest absolute Gasteiger partial charge is 0.431 e. The number of carbonyl (C=O) groups is 1. The summed E-state index contributed by atoms with van der Waals surface area (Å²) in [6.07, 6.45) is -0.348. The zero-order valence-electron chi connectivity index (χ0n) is 18.1. The molecule has 1 fully saturated rings. The van der Waals surface area contributed by atoms with Crippen LogP contribution in [0.3, 0.4) is 0 Å². The topological polar surface area (TPSA) is 76.2 Å². The molecule has 2 atom stereocenters. The lowest BCUT2D eigenvalue weighted by molar-refractivity contribution is 0.102. The Labute approximate surface area is 193 Å². The first-order valence-corrected chi connectivity index (χ1v) is 12.4. The van der Waals surface area contributed by atoms with Gasteiger partial charge in [-0.25, -0.2) is 23.2 Å². The lowest BCUT2D eigenvalue weighted by Crippen LogP contribution is -2.47. The maximum Gasteiger partial charge on any atom is 0.430 e. The van der Waals surface area contributed by atoms with E-state index in [2.05, 4.69) is 0 Å². The van der Waals surface area contributed by atoms with Gasteiger partial charge >= 0.3 is 6.09 Å². The molecule has 7 nitrogen and oxygen atoms in total. The summed E-state index contributed by atoms with van der Waals surface area (Å²) in [5.41, 5.74) is 3.31. The molecule has 0 bridgehead atoms. The Morgan fingerprint density at radius 1 is 0.909 bits per heavy atom. The van der Waals surface area contributed by atoms with E-state index in [1.54, 1.807) is 25.3 Å². The Hall–Kier alpha value is -3.20. The molecule has 0 aromatic heterocycles. The van der Waals surface area contributed by atoms with E-state index in [4.69, 9.17) is 9.47 Å². The van der Waals surface area contributed by atoms with Gasteiger partial charge in [0.2, 0.25) is 9.84 Å². The number of ether oxygens (including phenoxy) is 2. The van der Waals surface area contributed by atoms with Crippen LogP contribution in [0.4, 0.5) is 10.5 Å². The SMILES string of the molecule is CO[C@H]1C[C@@H]2c3ccccc3S(=O)(=O)COC(=O)N(c3ccc(-c4ccccc4)cc3)N2C1. The quantitative estimate of drug-likeness (QED) is 0.571. The smallest absolute Gasteiger partial charge is 0.430 e. The van der Waals surface area contributed by atoms with E-state index < -0.39 is 21.9 Å². The summed E-state index contributed by atoms with van der Waals surface area (Å²) < 4.78 is 36.9. The molecule has 0 N–H and O–H groups in total. The molecule has 0 aliphatic carbocycles. The summed E-state index contributed by atoms with van der Waals surface area (Å²) in [5, 5.41) is 3.30. The molecule has 2 aliphatic heterocycles. The van der Waals surface area contributed by atoms with Gasteiger partial charge in [-0.3, -0.25) is 0 Å². The Kier molecular flexibility index (Phi) is 5.65. The zero-order valence-corrected chi connectivity index (χ0v) is 18.9. The van der Waals surface area contributed by atoms with E-state index in [0.717, 1.165) is 11.1 Å². The van der Waals surface area contributed by atoms with Crippen molar-refractivity contribution in [3.05, 3.63) is 84.4 Å². The van der Waals surface area contributed by atoms with Crippen LogP contribution in [-0.2, 0) is 19.3 Å². The standard InChI is InChI=1S/C25H24N2O5S/c1-31-21-15-23-22-9-5-6-10-24(22)33(29,30)17-32-25(28)27(26(23)16-21)20-13-11-19(12-14-20)18-7-3-2-4-8-18/h2-14,21,23H,15-17H2,1H3/t21-,23+/m0/s1. The van der Waals surface area contributed by atoms with E-state index in [1.807, 2.05) is 65.7 Å². The van der Waals surface area contributed by atoms with E-state index in [0.29, 0.717) is 24.2 Å². The Morgan fingerprint density at radius 3 is 2.30 bits per heavy atom. The number of hydrogen-bond donors (Lipinski definition) is 0. The molecule has 1 saturated heterocycles. The Bertz CT molecular complexity index is 1260. The molecule has 0 spiro atoms. The van der Waals surface area contributed by atoms with Gasteiger partial charge in [-0.2, -0.15) is 0 Å². The van der Waals surface area contributed by atoms with Crippen LogP contribution in [0.25, 0.3) is 11.1 Å². The lowest BCUT2D eigenvalue weighted by Gasteiger charge is -2.34. The number of nitrogens with zero attached hydrogens (tertiary/aromatic N) is 2. The molecule has 3 aromatic carbocycles. The Morgan fingerprint density at radius 2 is 1.58 bits per heavy atom. The number of cyclic esters (lactones) is 1. The maximum absolute atomic E-state index is 13.2. The first kappa shape index (κ1) is 21.6. The van der Waals surface area contributed by atoms with Crippen LogP contribution in [0.5, 0.6) is 0 Å². The number of amides is 1. The number of benzene rings is 3. The second-order valence-electron chi connectivity index (χ2n) is 8.14. The molecule has 0 unspecified atom stereocenters. The molecule has 2 aliphatic rings. The highest BCUT2D eigenvalue weighted by molar-refractivity contribution is 7.91. The van der Waals surface area contributed by atoms with Crippen LogP contribution >= 0.6 is 0 Å². The van der Waals surface area contributed by atoms with Crippen LogP contribution in [0.15, 0.2) is 83.8 Å². The van der Waals surface area contributed by atoms with Gasteiger partial charge in [0.15, 0.2) is 5.94 Å². The highest BCUT2D eigenvalue weighted by Gasteiger charge is 2.43. The molecule has 0 saturated carbocycles. The number of hydrazine groups is 1. The van der Waals surface area contributed by atoms with E-state index in [1.165, 1.54) is 5.01 Å². The van der Waals surface area contributed by atoms with Crippen molar-refractivity contribution in [2.75, 3.05) is 24.6 Å². The number of hydrogen-bond acceptors (Lipinski definition) is 6. The Balaban J connectivity index is 1.60. The third kappa shape index (κ3) is 4.01. The number of fused-ring (bicyclic) bond motifs is 3. The van der Waals surface area contributed by atoms with Gasteiger partial charge in [0, 0.05) is 13.7 Å². The predicted molar refractivity (Wildman–Crippen MR) is 124 cm³/mol. The van der Waals surface area contributed by atoms with Crippen molar-refractivity contribution in [1.29, 1.82) is 0 Å². The van der Waals surface area contributed by atoms with Crippen LogP contribution < -0.4 is 5.01 Å². The minimum absolute atomic E-state index is 0.163. The zero-order chi connectivity index (χ0) is 23.0. The molecule has 8 heteroatoms. The summed E-state index contributed by atoms with van der Waals surface area (Å²) >= 11 is 0. The van der Waals surface area contributed by atoms with Crippen molar-refractivity contribution < 1.29 is 22.7 Å². The average molecular weight is 465 g/mol. The summed E-state index contributed by atoms with van der Waals surface area (Å²) in [6.45, 7) is 0.422. The average Bonchev–Trinajstić information content (AvgIpc) is 3.28. The van der Waals surface area contributed by atoms with Gasteiger partial charge in [0.25, 0.3) is 0 Å². The van der Waals surface area contributed by atoms with Crippen molar-refractivity contribution >= 4 is 21.6 Å². The van der Waals surface area contributed by atoms with Gasteiger partial charge < -0.3 is 9.47 Å². The fourth-order valence-electron chi connectivity index (χ4n) is 4.54. The first-order valence-electron chi connectivity index (χ1n) is 10.7. The van der Waals surface area contributed by atoms with Gasteiger partial charge in [-0.05, 0) is 41.3 Å². The molecule has 0 radical (unpaired) electrons. The number of methoxy groups -OCH3 is 1. The predicted octanol–water partition coefficient (Wildman–Crippen LogP) is 4.42. The van der Waals surface area contributed by atoms with Crippen molar-refractivity contribution in [3.8, 4) is 11.1 Å². The fourth-order valence-corrected chi connectivity index (χ4v) is 5.77. The minimum atomic E-state index is -3.81. The summed E-state index contributed by atoms with van der Waals surface area (Å²) in [4.78, 5) is 13.4. The van der Waals surface area contributed by atoms with Crippen molar-refractivity contribution in [2.45, 2.75) is 23.5 Å². The van der Waals surface area contributed by atoms with Crippen LogP contribution in [-0.4, -0.2) is 45.2 Å². The maximum atomic E-state index is 13.2. The monoisotopic (exact) mass is 464 g/mol. The van der Waals surface area contributed by atoms with E-state index >= 15 is 0 Å². The number of anilines is 1. The third-order valence-corrected chi connectivity index (χ3v) is 7.64. The highest BCUT2D eigenvalue weighted by Crippen LogP contribution is 2.40. The summed E-state index contributed by atoms with van der Waals surface area (Å²) in [6, 6.07) is 24.0. The molecule has 2 heterocycles. The molecule has 170 valence electrons. The number of carbonyl (C=O) groups excluding carboxylic acids is 1. The highest BCUT2D eigenvalue weighted by atomic mass is 32.2. The van der Waals surface area contributed by atoms with Crippen molar-refractivity contribution in [2.24, 2.45) is 0 Å². The van der Waals surface area contributed by atoms with Crippen molar-refractivity contribution in [1.82, 2.24) is 5.01 Å². The number of sulfone groups is 1. The summed E-state index contributed by atoms with van der Waals surface area (Å²) in [7, 11) is -2.18. The van der Waals surface area contributed by atoms with Crippen LogP contribution in [0.2, 0.25) is 0 Å². The normalized spacial score (nSPS) is 22.5. The summed E-state index contributed by atoms with van der Waals surface area (Å²) in [5.74, 6) is -0.713. The van der Waals surface area contributed by atoms with Crippen molar-refractivity contribution in [3.63, 3.8) is 0 Å². The minimum Gasteiger partial charge on any atom is -0.431 e. The van der Waals surface area contributed by atoms with Gasteiger partial charge in [0.1, 0.15) is 0 Å². The number of rotatable bonds is 3. The first-order chi connectivity index (χ1) is 16.0. The second kappa shape index (κ2) is 8.62. The van der Waals surface area contributed by atoms with Gasteiger partial charge in [-0.1, -0.05) is 60.7 Å². The second-order valence-corrected chi connectivity index (χ2v) is 10.0. The van der Waals surface area contributed by atoms with Gasteiger partial charge in [0.05, 0.1) is 22.7 Å². The van der Waals surface area contributed by atoms with Crippen LogP contribution in [0, 0.1) is 0 Å². The van der Waals surface area contributed by atoms with E-state index in [-0.39, 0.29) is 17.0 Å². The molecular weight excluding hydrogens is 440 g/mol. The molecule has 33 heavy (non-hydrogen) atoms. The molecule has 5 rings (SSSR count). The van der Waals surface area contributed by atoms with E-state index in [9.17, 15) is 13.2 Å². The molecule has 1 amide bonds. The molecule has 3 aromatic rings. The fraction of sp³-hybridized carbons (Fsp3) is 0.240. The van der Waals surface area contributed by atoms with Gasteiger partial charge in [-0.15, -0.1) is 0 Å². The van der Waals surface area contributed by atoms with Crippen LogP contribution in [0.1, 0.15) is 18.0 Å². The molecular formula is C25H24N2O5S. The lowest BCUT2D eigenvalue weighted by atomic mass is 10.0.